The molecule has 0 aliphatic heterocycles. The van der Waals surface area contributed by atoms with Crippen LogP contribution in [0.2, 0.25) is 0 Å². The van der Waals surface area contributed by atoms with Crippen molar-refractivity contribution in [1.82, 2.24) is 9.97 Å². The summed E-state index contributed by atoms with van der Waals surface area (Å²) in [5.74, 6) is 0.749. The molecule has 0 saturated heterocycles. The second kappa shape index (κ2) is 7.96. The number of nitrogens with one attached hydrogen (secondary N) is 2. The normalized spacial score (nSPS) is 11.0. The first kappa shape index (κ1) is 19.2. The van der Waals surface area contributed by atoms with Gasteiger partial charge in [-0.1, -0.05) is 42.5 Å². The Labute approximate surface area is 163 Å². The van der Waals surface area contributed by atoms with Crippen molar-refractivity contribution >= 4 is 23.3 Å². The summed E-state index contributed by atoms with van der Waals surface area (Å²) in [5.41, 5.74) is 2.26. The number of ether oxygens (including phenoxy) is 1. The van der Waals surface area contributed by atoms with Gasteiger partial charge in [0.15, 0.2) is 17.4 Å². The van der Waals surface area contributed by atoms with Crippen molar-refractivity contribution in [2.75, 3.05) is 10.6 Å². The van der Waals surface area contributed by atoms with E-state index in [1.165, 1.54) is 6.20 Å². The Balaban J connectivity index is 2.01. The fourth-order valence-electron chi connectivity index (χ4n) is 2.59. The molecular formula is C21H22N4O3. The third-order valence-corrected chi connectivity index (χ3v) is 3.67. The van der Waals surface area contributed by atoms with Gasteiger partial charge in [-0.3, -0.25) is 0 Å². The molecular weight excluding hydrogens is 356 g/mol. The van der Waals surface area contributed by atoms with Crippen LogP contribution in [0.5, 0.6) is 5.75 Å². The Morgan fingerprint density at radius 3 is 2.29 bits per heavy atom. The van der Waals surface area contributed by atoms with Crippen LogP contribution in [0.25, 0.3) is 11.4 Å². The molecule has 7 heteroatoms. The molecule has 3 rings (SSSR count). The Hall–Kier alpha value is -3.61. The van der Waals surface area contributed by atoms with Gasteiger partial charge in [0.2, 0.25) is 0 Å². The summed E-state index contributed by atoms with van der Waals surface area (Å²) in [5, 5.41) is 15.6. The van der Waals surface area contributed by atoms with Crippen molar-refractivity contribution in [2.45, 2.75) is 26.3 Å². The van der Waals surface area contributed by atoms with E-state index in [0.717, 1.165) is 16.9 Å². The van der Waals surface area contributed by atoms with Gasteiger partial charge in [0.05, 0.1) is 17.6 Å². The number of nitrogens with zero attached hydrogens (tertiary/aromatic N) is 2. The number of para-hydroxylation sites is 2. The van der Waals surface area contributed by atoms with Crippen LogP contribution in [-0.4, -0.2) is 26.8 Å². The standard InChI is InChI=1S/C21H22N4O3/c1-21(2,3)25-16-12-8-7-11-15(16)23-19-17(28-20(26)27)13-22-18(24-19)14-9-5-4-6-10-14/h4-13,25H,1-3H3,(H,26,27)(H,22,23,24). The first-order valence-corrected chi connectivity index (χ1v) is 8.79. The summed E-state index contributed by atoms with van der Waals surface area (Å²) in [7, 11) is 0. The summed E-state index contributed by atoms with van der Waals surface area (Å²) in [6.07, 6.45) is -0.0776. The molecule has 0 unspecified atom stereocenters. The molecule has 0 aliphatic carbocycles. The number of carboxylic acid groups (broad SMARTS) is 1. The fraction of sp³-hybridized carbons (Fsp3) is 0.190. The largest absolute Gasteiger partial charge is 0.511 e. The van der Waals surface area contributed by atoms with E-state index in [1.54, 1.807) is 0 Å². The third kappa shape index (κ3) is 4.97. The van der Waals surface area contributed by atoms with Gasteiger partial charge in [0.1, 0.15) is 0 Å². The second-order valence-electron chi connectivity index (χ2n) is 7.19. The minimum atomic E-state index is -1.43. The van der Waals surface area contributed by atoms with E-state index in [-0.39, 0.29) is 17.1 Å². The molecule has 0 amide bonds. The fourth-order valence-corrected chi connectivity index (χ4v) is 2.59. The maximum atomic E-state index is 11.1. The predicted octanol–water partition coefficient (Wildman–Crippen LogP) is 5.15. The molecule has 0 bridgehead atoms. The van der Waals surface area contributed by atoms with E-state index in [2.05, 4.69) is 41.4 Å². The number of anilines is 3. The van der Waals surface area contributed by atoms with Crippen LogP contribution >= 0.6 is 0 Å². The number of rotatable bonds is 5. The minimum absolute atomic E-state index is 0.0257. The van der Waals surface area contributed by atoms with Crippen molar-refractivity contribution in [3.63, 3.8) is 0 Å². The third-order valence-electron chi connectivity index (χ3n) is 3.67. The van der Waals surface area contributed by atoms with E-state index in [4.69, 9.17) is 9.84 Å². The predicted molar refractivity (Wildman–Crippen MR) is 109 cm³/mol. The van der Waals surface area contributed by atoms with Gasteiger partial charge in [-0.2, -0.15) is 0 Å². The Morgan fingerprint density at radius 2 is 1.64 bits per heavy atom. The van der Waals surface area contributed by atoms with Crippen molar-refractivity contribution in [3.8, 4) is 17.1 Å². The van der Waals surface area contributed by atoms with Crippen LogP contribution in [0.4, 0.5) is 22.0 Å². The summed E-state index contributed by atoms with van der Waals surface area (Å²) in [4.78, 5) is 19.8. The molecule has 28 heavy (non-hydrogen) atoms. The van der Waals surface area contributed by atoms with Gasteiger partial charge in [-0.05, 0) is 32.9 Å². The SMILES string of the molecule is CC(C)(C)Nc1ccccc1Nc1nc(-c2ccccc2)ncc1OC(=O)O. The van der Waals surface area contributed by atoms with Crippen molar-refractivity contribution in [3.05, 3.63) is 60.8 Å². The summed E-state index contributed by atoms with van der Waals surface area (Å²) in [6, 6.07) is 17.0. The van der Waals surface area contributed by atoms with Crippen LogP contribution in [0.3, 0.4) is 0 Å². The molecule has 0 aliphatic rings. The molecule has 3 aromatic rings. The molecule has 0 atom stereocenters. The van der Waals surface area contributed by atoms with E-state index < -0.39 is 6.16 Å². The van der Waals surface area contributed by atoms with Gasteiger partial charge in [0.25, 0.3) is 0 Å². The summed E-state index contributed by atoms with van der Waals surface area (Å²) in [6.45, 7) is 6.17. The first-order valence-electron chi connectivity index (χ1n) is 8.79. The molecule has 7 nitrogen and oxygen atoms in total. The smallest absolute Gasteiger partial charge is 0.449 e. The monoisotopic (exact) mass is 378 g/mol. The average molecular weight is 378 g/mol. The molecule has 0 spiro atoms. The van der Waals surface area contributed by atoms with Gasteiger partial charge < -0.3 is 20.5 Å². The molecule has 3 N–H and O–H groups in total. The highest BCUT2D eigenvalue weighted by atomic mass is 16.7. The molecule has 0 fully saturated rings. The van der Waals surface area contributed by atoms with E-state index in [9.17, 15) is 4.79 Å². The lowest BCUT2D eigenvalue weighted by molar-refractivity contribution is 0.144. The lowest BCUT2D eigenvalue weighted by Crippen LogP contribution is -2.26. The zero-order valence-electron chi connectivity index (χ0n) is 15.9. The zero-order chi connectivity index (χ0) is 20.1. The number of carbonyl (C=O) groups is 1. The number of benzene rings is 2. The lowest BCUT2D eigenvalue weighted by atomic mass is 10.1. The summed E-state index contributed by atoms with van der Waals surface area (Å²) >= 11 is 0. The van der Waals surface area contributed by atoms with Crippen molar-refractivity contribution < 1.29 is 14.6 Å². The minimum Gasteiger partial charge on any atom is -0.449 e. The van der Waals surface area contributed by atoms with Gasteiger partial charge in [-0.25, -0.2) is 14.8 Å². The van der Waals surface area contributed by atoms with Crippen LogP contribution in [0.15, 0.2) is 60.8 Å². The maximum Gasteiger partial charge on any atom is 0.511 e. The van der Waals surface area contributed by atoms with Crippen LogP contribution < -0.4 is 15.4 Å². The lowest BCUT2D eigenvalue weighted by Gasteiger charge is -2.24. The van der Waals surface area contributed by atoms with Crippen molar-refractivity contribution in [1.29, 1.82) is 0 Å². The highest BCUT2D eigenvalue weighted by Crippen LogP contribution is 2.32. The zero-order valence-corrected chi connectivity index (χ0v) is 15.9. The second-order valence-corrected chi connectivity index (χ2v) is 7.19. The number of hydrogen-bond donors (Lipinski definition) is 3. The van der Waals surface area contributed by atoms with Gasteiger partial charge >= 0.3 is 6.16 Å². The van der Waals surface area contributed by atoms with E-state index in [1.807, 2.05) is 54.6 Å². The molecule has 144 valence electrons. The first-order chi connectivity index (χ1) is 13.3. The molecule has 0 saturated carbocycles. The molecule has 2 aromatic carbocycles. The van der Waals surface area contributed by atoms with Gasteiger partial charge in [0, 0.05) is 11.1 Å². The van der Waals surface area contributed by atoms with Gasteiger partial charge in [-0.15, -0.1) is 0 Å². The quantitative estimate of drug-likeness (QED) is 0.528. The number of hydrogen-bond acceptors (Lipinski definition) is 6. The van der Waals surface area contributed by atoms with E-state index >= 15 is 0 Å². The molecule has 1 heterocycles. The average Bonchev–Trinajstić information content (AvgIpc) is 2.64. The molecule has 0 radical (unpaired) electrons. The Bertz CT molecular complexity index is 969. The topological polar surface area (TPSA) is 96.4 Å². The van der Waals surface area contributed by atoms with Crippen LogP contribution in [0, 0.1) is 0 Å². The summed E-state index contributed by atoms with van der Waals surface area (Å²) < 4.78 is 4.86. The highest BCUT2D eigenvalue weighted by molar-refractivity contribution is 5.77. The number of aromatic nitrogens is 2. The van der Waals surface area contributed by atoms with Crippen LogP contribution in [0.1, 0.15) is 20.8 Å². The Kier molecular flexibility index (Phi) is 5.44. The Morgan fingerprint density at radius 1 is 1.00 bits per heavy atom. The van der Waals surface area contributed by atoms with Crippen LogP contribution in [-0.2, 0) is 0 Å². The maximum absolute atomic E-state index is 11.1. The van der Waals surface area contributed by atoms with E-state index in [0.29, 0.717) is 5.82 Å². The molecule has 1 aromatic heterocycles. The van der Waals surface area contributed by atoms with Crippen molar-refractivity contribution in [2.24, 2.45) is 0 Å². The highest BCUT2D eigenvalue weighted by Gasteiger charge is 2.16.